The van der Waals surface area contributed by atoms with Crippen LogP contribution in [-0.2, 0) is 16.2 Å². The summed E-state index contributed by atoms with van der Waals surface area (Å²) in [6.45, 7) is 0. The largest absolute Gasteiger partial charge is 0.416 e. The fourth-order valence-corrected chi connectivity index (χ4v) is 1.84. The summed E-state index contributed by atoms with van der Waals surface area (Å²) in [7, 11) is -3.56. The Morgan fingerprint density at radius 2 is 1.88 bits per heavy atom. The Bertz CT molecular complexity index is 498. The van der Waals surface area contributed by atoms with Gasteiger partial charge in [0.15, 0.2) is 0 Å². The molecule has 0 amide bonds. The molecule has 0 spiro atoms. The van der Waals surface area contributed by atoms with Crippen LogP contribution in [0.3, 0.4) is 0 Å². The Hall–Kier alpha value is -0.950. The van der Waals surface area contributed by atoms with Crippen LogP contribution in [-0.4, -0.2) is 14.7 Å². The summed E-state index contributed by atoms with van der Waals surface area (Å²) in [5.41, 5.74) is -1.02. The molecule has 1 N–H and O–H groups in total. The van der Waals surface area contributed by atoms with Gasteiger partial charge in [-0.15, -0.1) is 0 Å². The predicted octanol–water partition coefficient (Wildman–Crippen LogP) is 2.73. The molecule has 0 unspecified atom stereocenters. The molecule has 1 aromatic carbocycles. The van der Waals surface area contributed by atoms with Gasteiger partial charge in [-0.2, -0.15) is 13.2 Å². The molecule has 0 aromatic heterocycles. The lowest BCUT2D eigenvalue weighted by atomic mass is 10.2. The molecular weight excluding hydrogens is 267 g/mol. The van der Waals surface area contributed by atoms with Crippen molar-refractivity contribution >= 4 is 27.3 Å². The van der Waals surface area contributed by atoms with E-state index in [-0.39, 0.29) is 10.7 Å². The Morgan fingerprint density at radius 3 is 2.25 bits per heavy atom. The number of halogens is 4. The summed E-state index contributed by atoms with van der Waals surface area (Å²) >= 11 is 5.51. The summed E-state index contributed by atoms with van der Waals surface area (Å²) < 4.78 is 60.4. The van der Waals surface area contributed by atoms with Crippen LogP contribution in [0.5, 0.6) is 0 Å². The van der Waals surface area contributed by atoms with Gasteiger partial charge in [0.2, 0.25) is 10.0 Å². The molecule has 1 aromatic rings. The Morgan fingerprint density at radius 1 is 1.31 bits per heavy atom. The lowest BCUT2D eigenvalue weighted by molar-refractivity contribution is -0.137. The van der Waals surface area contributed by atoms with Crippen LogP contribution in [0.1, 0.15) is 5.56 Å². The second-order valence-corrected chi connectivity index (χ2v) is 5.22. The van der Waals surface area contributed by atoms with Crippen molar-refractivity contribution in [2.75, 3.05) is 11.0 Å². The number of sulfonamides is 1. The highest BCUT2D eigenvalue weighted by Gasteiger charge is 2.30. The van der Waals surface area contributed by atoms with Crippen molar-refractivity contribution in [1.29, 1.82) is 0 Å². The quantitative estimate of drug-likeness (QED) is 0.900. The molecule has 0 saturated heterocycles. The molecule has 0 bridgehead atoms. The molecule has 0 radical (unpaired) electrons. The monoisotopic (exact) mass is 273 g/mol. The topological polar surface area (TPSA) is 46.2 Å². The number of alkyl halides is 3. The summed E-state index contributed by atoms with van der Waals surface area (Å²) in [4.78, 5) is 0. The summed E-state index contributed by atoms with van der Waals surface area (Å²) in [6.07, 6.45) is -3.63. The van der Waals surface area contributed by atoms with E-state index in [1.54, 1.807) is 0 Å². The second-order valence-electron chi connectivity index (χ2n) is 3.07. The van der Waals surface area contributed by atoms with Crippen LogP contribution in [0.15, 0.2) is 18.2 Å². The van der Waals surface area contributed by atoms with Crippen LogP contribution in [0.4, 0.5) is 18.9 Å². The van der Waals surface area contributed by atoms with Crippen molar-refractivity contribution in [3.63, 3.8) is 0 Å². The molecule has 0 saturated carbocycles. The van der Waals surface area contributed by atoms with Gasteiger partial charge in [-0.05, 0) is 18.2 Å². The van der Waals surface area contributed by atoms with Crippen LogP contribution in [0.2, 0.25) is 5.02 Å². The molecule has 0 heterocycles. The molecule has 0 aliphatic carbocycles. The lowest BCUT2D eigenvalue weighted by Crippen LogP contribution is -2.11. The van der Waals surface area contributed by atoms with E-state index in [2.05, 4.69) is 0 Å². The summed E-state index contributed by atoms with van der Waals surface area (Å²) in [5, 5.41) is -0.305. The molecule has 8 heteroatoms. The Labute approximate surface area is 95.3 Å². The van der Waals surface area contributed by atoms with E-state index in [0.717, 1.165) is 18.4 Å². The van der Waals surface area contributed by atoms with Crippen molar-refractivity contribution in [2.24, 2.45) is 0 Å². The maximum atomic E-state index is 12.2. The number of hydrogen-bond acceptors (Lipinski definition) is 2. The second kappa shape index (κ2) is 4.14. The summed E-state index contributed by atoms with van der Waals surface area (Å²) in [6, 6.07) is 2.38. The minimum absolute atomic E-state index is 0.0860. The first-order chi connectivity index (χ1) is 7.09. The maximum Gasteiger partial charge on any atom is 0.416 e. The molecule has 0 aliphatic rings. The van der Waals surface area contributed by atoms with Crippen molar-refractivity contribution in [3.05, 3.63) is 28.8 Å². The molecule has 0 aliphatic heterocycles. The zero-order chi connectivity index (χ0) is 12.6. The highest BCUT2D eigenvalue weighted by molar-refractivity contribution is 7.92. The van der Waals surface area contributed by atoms with Crippen molar-refractivity contribution in [1.82, 2.24) is 0 Å². The molecule has 1 rings (SSSR count). The molecule has 16 heavy (non-hydrogen) atoms. The van der Waals surface area contributed by atoms with Gasteiger partial charge < -0.3 is 0 Å². The third-order valence-corrected chi connectivity index (χ3v) is 2.50. The van der Waals surface area contributed by atoms with Crippen LogP contribution >= 0.6 is 11.6 Å². The van der Waals surface area contributed by atoms with Gasteiger partial charge in [0.1, 0.15) is 0 Å². The van der Waals surface area contributed by atoms with Gasteiger partial charge in [0, 0.05) is 0 Å². The minimum atomic E-state index is -4.51. The minimum Gasteiger partial charge on any atom is -0.282 e. The van der Waals surface area contributed by atoms with Gasteiger partial charge >= 0.3 is 6.18 Å². The van der Waals surface area contributed by atoms with Gasteiger partial charge in [-0.3, -0.25) is 4.72 Å². The number of anilines is 1. The number of benzene rings is 1. The third kappa shape index (κ3) is 3.57. The maximum absolute atomic E-state index is 12.2. The van der Waals surface area contributed by atoms with E-state index in [1.165, 1.54) is 0 Å². The molecule has 0 fully saturated rings. The Kier molecular flexibility index (Phi) is 3.39. The van der Waals surface area contributed by atoms with Gasteiger partial charge in [0.05, 0.1) is 22.5 Å². The van der Waals surface area contributed by atoms with E-state index in [9.17, 15) is 21.6 Å². The predicted molar refractivity (Wildman–Crippen MR) is 54.9 cm³/mol. The fraction of sp³-hybridized carbons (Fsp3) is 0.250. The van der Waals surface area contributed by atoms with Gasteiger partial charge in [-0.1, -0.05) is 11.6 Å². The lowest BCUT2D eigenvalue weighted by Gasteiger charge is -2.10. The molecule has 0 atom stereocenters. The van der Waals surface area contributed by atoms with Crippen molar-refractivity contribution in [3.8, 4) is 0 Å². The number of rotatable bonds is 2. The Balaban J connectivity index is 3.11. The van der Waals surface area contributed by atoms with Gasteiger partial charge in [0.25, 0.3) is 0 Å². The average molecular weight is 274 g/mol. The van der Waals surface area contributed by atoms with Crippen LogP contribution in [0, 0.1) is 0 Å². The van der Waals surface area contributed by atoms with E-state index >= 15 is 0 Å². The molecule has 90 valence electrons. The third-order valence-electron chi connectivity index (χ3n) is 1.59. The highest BCUT2D eigenvalue weighted by Crippen LogP contribution is 2.33. The SMILES string of the molecule is CS(=O)(=O)Nc1ccc(C(F)(F)F)cc1Cl. The van der Waals surface area contributed by atoms with E-state index < -0.39 is 21.8 Å². The first-order valence-corrected chi connectivity index (χ1v) is 6.21. The van der Waals surface area contributed by atoms with Crippen LogP contribution < -0.4 is 4.72 Å². The first-order valence-electron chi connectivity index (χ1n) is 3.94. The van der Waals surface area contributed by atoms with Crippen LogP contribution in [0.25, 0.3) is 0 Å². The zero-order valence-corrected chi connectivity index (χ0v) is 9.54. The number of hydrogen-bond donors (Lipinski definition) is 1. The first kappa shape index (κ1) is 13.1. The molecular formula is C8H7ClF3NO2S. The smallest absolute Gasteiger partial charge is 0.282 e. The van der Waals surface area contributed by atoms with Crippen molar-refractivity contribution in [2.45, 2.75) is 6.18 Å². The highest BCUT2D eigenvalue weighted by atomic mass is 35.5. The fourth-order valence-electron chi connectivity index (χ4n) is 0.974. The average Bonchev–Trinajstić information content (AvgIpc) is 2.04. The normalized spacial score (nSPS) is 12.6. The molecule has 3 nitrogen and oxygen atoms in total. The number of nitrogens with one attached hydrogen (secondary N) is 1. The van der Waals surface area contributed by atoms with E-state index in [0.29, 0.717) is 6.07 Å². The zero-order valence-electron chi connectivity index (χ0n) is 7.97. The van der Waals surface area contributed by atoms with E-state index in [1.807, 2.05) is 4.72 Å². The van der Waals surface area contributed by atoms with Gasteiger partial charge in [-0.25, -0.2) is 8.42 Å². The standard InChI is InChI=1S/C8H7ClF3NO2S/c1-16(14,15)13-7-3-2-5(4-6(7)9)8(10,11)12/h2-4,13H,1H3. The van der Waals surface area contributed by atoms with Crippen molar-refractivity contribution < 1.29 is 21.6 Å². The summed E-state index contributed by atoms with van der Waals surface area (Å²) in [5.74, 6) is 0. The van der Waals surface area contributed by atoms with E-state index in [4.69, 9.17) is 11.6 Å².